The second kappa shape index (κ2) is 6.49. The summed E-state index contributed by atoms with van der Waals surface area (Å²) in [5.41, 5.74) is 6.70. The number of anilines is 1. The molecule has 108 valence electrons. The van der Waals surface area contributed by atoms with Crippen LogP contribution in [0.4, 0.5) is 5.69 Å². The standard InChI is InChI=1S/C14H19N3O3/c1-16-13(18)9-2-4-10(5-3-9)17-14(19)12-7-6-11(8-15)20-12/h2-5,11-12H,6-8,15H2,1H3,(H,16,18)(H,17,19). The Balaban J connectivity index is 1.93. The number of carbonyl (C=O) groups is 2. The van der Waals surface area contributed by atoms with Gasteiger partial charge in [-0.25, -0.2) is 0 Å². The third kappa shape index (κ3) is 3.34. The maximum absolute atomic E-state index is 12.0. The molecule has 2 atom stereocenters. The number of nitrogens with two attached hydrogens (primary N) is 1. The minimum atomic E-state index is -0.442. The van der Waals surface area contributed by atoms with Gasteiger partial charge in [0.25, 0.3) is 11.8 Å². The molecule has 0 aromatic heterocycles. The van der Waals surface area contributed by atoms with Crippen LogP contribution in [-0.4, -0.2) is 37.6 Å². The zero-order valence-corrected chi connectivity index (χ0v) is 11.4. The number of benzene rings is 1. The fourth-order valence-corrected chi connectivity index (χ4v) is 2.14. The van der Waals surface area contributed by atoms with Crippen molar-refractivity contribution in [3.8, 4) is 0 Å². The SMILES string of the molecule is CNC(=O)c1ccc(NC(=O)C2CCC(CN)O2)cc1. The number of nitrogens with one attached hydrogen (secondary N) is 2. The van der Waals surface area contributed by atoms with Gasteiger partial charge in [-0.05, 0) is 37.1 Å². The highest BCUT2D eigenvalue weighted by molar-refractivity contribution is 5.96. The first-order chi connectivity index (χ1) is 9.63. The van der Waals surface area contributed by atoms with Gasteiger partial charge in [0.15, 0.2) is 0 Å². The molecule has 0 radical (unpaired) electrons. The number of ether oxygens (including phenoxy) is 1. The summed E-state index contributed by atoms with van der Waals surface area (Å²) >= 11 is 0. The van der Waals surface area contributed by atoms with Crippen LogP contribution in [0.3, 0.4) is 0 Å². The van der Waals surface area contributed by atoms with E-state index in [9.17, 15) is 9.59 Å². The zero-order chi connectivity index (χ0) is 14.5. The van der Waals surface area contributed by atoms with E-state index in [0.29, 0.717) is 24.2 Å². The van der Waals surface area contributed by atoms with Crippen LogP contribution in [0.1, 0.15) is 23.2 Å². The quantitative estimate of drug-likeness (QED) is 0.746. The number of amides is 2. The fraction of sp³-hybridized carbons (Fsp3) is 0.429. The van der Waals surface area contributed by atoms with E-state index in [1.54, 1.807) is 31.3 Å². The van der Waals surface area contributed by atoms with Crippen LogP contribution >= 0.6 is 0 Å². The van der Waals surface area contributed by atoms with Crippen LogP contribution in [-0.2, 0) is 9.53 Å². The summed E-state index contributed by atoms with van der Waals surface area (Å²) < 4.78 is 5.52. The lowest BCUT2D eigenvalue weighted by Crippen LogP contribution is -2.29. The molecular formula is C14H19N3O3. The number of rotatable bonds is 4. The highest BCUT2D eigenvalue weighted by Gasteiger charge is 2.29. The fourth-order valence-electron chi connectivity index (χ4n) is 2.14. The summed E-state index contributed by atoms with van der Waals surface area (Å²) in [4.78, 5) is 23.4. The third-order valence-electron chi connectivity index (χ3n) is 3.30. The van der Waals surface area contributed by atoms with Crippen LogP contribution in [0.15, 0.2) is 24.3 Å². The molecule has 0 spiro atoms. The van der Waals surface area contributed by atoms with Gasteiger partial charge in [0.05, 0.1) is 6.10 Å². The highest BCUT2D eigenvalue weighted by Crippen LogP contribution is 2.20. The van der Waals surface area contributed by atoms with E-state index in [1.165, 1.54) is 0 Å². The van der Waals surface area contributed by atoms with Crippen molar-refractivity contribution < 1.29 is 14.3 Å². The van der Waals surface area contributed by atoms with Crippen LogP contribution in [0.25, 0.3) is 0 Å². The Hall–Kier alpha value is -1.92. The smallest absolute Gasteiger partial charge is 0.253 e. The predicted molar refractivity (Wildman–Crippen MR) is 75.4 cm³/mol. The largest absolute Gasteiger partial charge is 0.364 e. The molecule has 0 saturated carbocycles. The number of carbonyl (C=O) groups excluding carboxylic acids is 2. The summed E-state index contributed by atoms with van der Waals surface area (Å²) in [5, 5.41) is 5.32. The number of hydrogen-bond donors (Lipinski definition) is 3. The summed E-state index contributed by atoms with van der Waals surface area (Å²) in [6.45, 7) is 0.435. The van der Waals surface area contributed by atoms with Crippen molar-refractivity contribution in [3.05, 3.63) is 29.8 Å². The first-order valence-corrected chi connectivity index (χ1v) is 6.62. The molecule has 1 aliphatic heterocycles. The van der Waals surface area contributed by atoms with Crippen molar-refractivity contribution in [2.24, 2.45) is 5.73 Å². The van der Waals surface area contributed by atoms with Crippen molar-refractivity contribution >= 4 is 17.5 Å². The van der Waals surface area contributed by atoms with Gasteiger partial charge in [0.1, 0.15) is 6.10 Å². The molecule has 2 unspecified atom stereocenters. The summed E-state index contributed by atoms with van der Waals surface area (Å²) in [5.74, 6) is -0.332. The lowest BCUT2D eigenvalue weighted by Gasteiger charge is -2.12. The second-order valence-electron chi connectivity index (χ2n) is 4.71. The van der Waals surface area contributed by atoms with Gasteiger partial charge in [-0.1, -0.05) is 0 Å². The van der Waals surface area contributed by atoms with E-state index in [2.05, 4.69) is 10.6 Å². The lowest BCUT2D eigenvalue weighted by molar-refractivity contribution is -0.126. The minimum absolute atomic E-state index is 0.0265. The second-order valence-corrected chi connectivity index (χ2v) is 4.71. The van der Waals surface area contributed by atoms with Crippen molar-refractivity contribution in [2.75, 3.05) is 18.9 Å². The molecule has 4 N–H and O–H groups in total. The highest BCUT2D eigenvalue weighted by atomic mass is 16.5. The van der Waals surface area contributed by atoms with Gasteiger partial charge >= 0.3 is 0 Å². The maximum atomic E-state index is 12.0. The Labute approximate surface area is 117 Å². The van der Waals surface area contributed by atoms with Crippen molar-refractivity contribution in [1.82, 2.24) is 5.32 Å². The van der Waals surface area contributed by atoms with Crippen molar-refractivity contribution in [1.29, 1.82) is 0 Å². The first-order valence-electron chi connectivity index (χ1n) is 6.62. The molecule has 1 fully saturated rings. The summed E-state index contributed by atoms with van der Waals surface area (Å²) in [6.07, 6.45) is 1.03. The molecule has 1 heterocycles. The van der Waals surface area contributed by atoms with E-state index in [-0.39, 0.29) is 17.9 Å². The van der Waals surface area contributed by atoms with Gasteiger partial charge in [-0.15, -0.1) is 0 Å². The molecule has 1 aromatic rings. The predicted octanol–water partition coefficient (Wildman–Crippen LogP) is 0.491. The summed E-state index contributed by atoms with van der Waals surface area (Å²) in [6, 6.07) is 6.70. The van der Waals surface area contributed by atoms with Crippen LogP contribution in [0.2, 0.25) is 0 Å². The molecule has 6 heteroatoms. The Morgan fingerprint density at radius 3 is 2.55 bits per heavy atom. The Kier molecular flexibility index (Phi) is 4.70. The number of hydrogen-bond acceptors (Lipinski definition) is 4. The monoisotopic (exact) mass is 277 g/mol. The van der Waals surface area contributed by atoms with E-state index < -0.39 is 6.10 Å². The average Bonchev–Trinajstić information content (AvgIpc) is 2.96. The Morgan fingerprint density at radius 1 is 1.30 bits per heavy atom. The first kappa shape index (κ1) is 14.5. The molecule has 6 nitrogen and oxygen atoms in total. The van der Waals surface area contributed by atoms with Gasteiger partial charge in [0, 0.05) is 24.8 Å². The third-order valence-corrected chi connectivity index (χ3v) is 3.30. The molecule has 1 aromatic carbocycles. The van der Waals surface area contributed by atoms with Gasteiger partial charge < -0.3 is 21.1 Å². The van der Waals surface area contributed by atoms with Crippen LogP contribution in [0.5, 0.6) is 0 Å². The van der Waals surface area contributed by atoms with Crippen molar-refractivity contribution in [2.45, 2.75) is 25.0 Å². The molecule has 0 aliphatic carbocycles. The molecule has 0 bridgehead atoms. The summed E-state index contributed by atoms with van der Waals surface area (Å²) in [7, 11) is 1.57. The topological polar surface area (TPSA) is 93.5 Å². The van der Waals surface area contributed by atoms with Gasteiger partial charge in [0.2, 0.25) is 0 Å². The van der Waals surface area contributed by atoms with E-state index in [1.807, 2.05) is 0 Å². The van der Waals surface area contributed by atoms with Crippen LogP contribution < -0.4 is 16.4 Å². The van der Waals surface area contributed by atoms with Crippen LogP contribution in [0, 0.1) is 0 Å². The minimum Gasteiger partial charge on any atom is -0.364 e. The Morgan fingerprint density at radius 2 is 2.00 bits per heavy atom. The molecule has 20 heavy (non-hydrogen) atoms. The Bertz CT molecular complexity index is 487. The van der Waals surface area contributed by atoms with E-state index >= 15 is 0 Å². The molecule has 1 saturated heterocycles. The van der Waals surface area contributed by atoms with Crippen molar-refractivity contribution in [3.63, 3.8) is 0 Å². The molecule has 1 aliphatic rings. The average molecular weight is 277 g/mol. The van der Waals surface area contributed by atoms with E-state index in [0.717, 1.165) is 6.42 Å². The molecular weight excluding hydrogens is 258 g/mol. The normalized spacial score (nSPS) is 21.5. The maximum Gasteiger partial charge on any atom is 0.253 e. The zero-order valence-electron chi connectivity index (χ0n) is 11.4. The van der Waals surface area contributed by atoms with E-state index in [4.69, 9.17) is 10.5 Å². The van der Waals surface area contributed by atoms with Gasteiger partial charge in [-0.3, -0.25) is 9.59 Å². The molecule has 2 rings (SSSR count). The van der Waals surface area contributed by atoms with Gasteiger partial charge in [-0.2, -0.15) is 0 Å². The molecule has 2 amide bonds. The lowest BCUT2D eigenvalue weighted by atomic mass is 10.1.